The number of phenols is 8. The van der Waals surface area contributed by atoms with Crippen molar-refractivity contribution in [1.29, 1.82) is 0 Å². The van der Waals surface area contributed by atoms with Gasteiger partial charge in [-0.2, -0.15) is 0 Å². The van der Waals surface area contributed by atoms with E-state index in [2.05, 4.69) is 0 Å². The van der Waals surface area contributed by atoms with Crippen molar-refractivity contribution in [3.05, 3.63) is 137 Å². The first-order chi connectivity index (χ1) is 25.9. The molecule has 0 aliphatic rings. The number of phenolic OH excluding ortho intramolecular Hbond substituents is 8. The van der Waals surface area contributed by atoms with Crippen LogP contribution in [0.4, 0.5) is 0 Å². The highest BCUT2D eigenvalue weighted by atomic mass is 16.5. The molecule has 0 heterocycles. The van der Waals surface area contributed by atoms with E-state index in [-0.39, 0.29) is 63.2 Å². The number of aromatic hydroxyl groups is 8. The molecule has 0 unspecified atom stereocenters. The molecule has 11 nitrogen and oxygen atoms in total. The van der Waals surface area contributed by atoms with Crippen LogP contribution in [0, 0.1) is 0 Å². The van der Waals surface area contributed by atoms with Crippen LogP contribution in [-0.2, 0) is 38.5 Å². The SMILES string of the molecule is COc1cc(O)c(Oc2cc(CCc3cc(O)cc(O)c3)cc(Oc3cc(CCc4cccc(O)c4)c(O)cc3O)c2O)cc1CCc1cccc(O)c1. The number of aryl methyl sites for hydroxylation is 6. The molecule has 6 aromatic carbocycles. The molecule has 0 amide bonds. The van der Waals surface area contributed by atoms with Gasteiger partial charge in [0.1, 0.15) is 34.5 Å². The van der Waals surface area contributed by atoms with Crippen LogP contribution in [-0.4, -0.2) is 48.0 Å². The average molecular weight is 733 g/mol. The number of methoxy groups -OCH3 is 1. The van der Waals surface area contributed by atoms with Crippen LogP contribution >= 0.6 is 0 Å². The lowest BCUT2D eigenvalue weighted by atomic mass is 10.0. The Kier molecular flexibility index (Phi) is 11.1. The second-order valence-electron chi connectivity index (χ2n) is 12.9. The lowest BCUT2D eigenvalue weighted by Gasteiger charge is -2.18. The first kappa shape index (κ1) is 36.9. The summed E-state index contributed by atoms with van der Waals surface area (Å²) < 4.78 is 17.8. The van der Waals surface area contributed by atoms with E-state index < -0.39 is 5.75 Å². The smallest absolute Gasteiger partial charge is 0.202 e. The fraction of sp³-hybridized carbons (Fsp3) is 0.163. The van der Waals surface area contributed by atoms with Crippen molar-refractivity contribution in [2.24, 2.45) is 0 Å². The Bertz CT molecular complexity index is 2260. The lowest BCUT2D eigenvalue weighted by Crippen LogP contribution is -1.99. The Morgan fingerprint density at radius 2 is 0.833 bits per heavy atom. The molecule has 0 saturated heterocycles. The molecule has 0 aliphatic carbocycles. The Balaban J connectivity index is 1.33. The molecule has 54 heavy (non-hydrogen) atoms. The maximum absolute atomic E-state index is 11.5. The zero-order valence-electron chi connectivity index (χ0n) is 29.4. The number of ether oxygens (including phenoxy) is 3. The monoisotopic (exact) mass is 732 g/mol. The molecular formula is C43H40O11. The van der Waals surface area contributed by atoms with Crippen molar-refractivity contribution < 1.29 is 55.1 Å². The molecule has 0 fully saturated rings. The van der Waals surface area contributed by atoms with Gasteiger partial charge in [0, 0.05) is 18.2 Å². The van der Waals surface area contributed by atoms with Crippen LogP contribution in [0.15, 0.2) is 103 Å². The van der Waals surface area contributed by atoms with Gasteiger partial charge in [-0.25, -0.2) is 0 Å². The van der Waals surface area contributed by atoms with Gasteiger partial charge in [0.2, 0.25) is 5.75 Å². The zero-order valence-corrected chi connectivity index (χ0v) is 29.4. The van der Waals surface area contributed by atoms with E-state index in [4.69, 9.17) is 14.2 Å². The second-order valence-corrected chi connectivity index (χ2v) is 12.9. The van der Waals surface area contributed by atoms with E-state index in [1.54, 1.807) is 54.6 Å². The fourth-order valence-electron chi connectivity index (χ4n) is 6.18. The quantitative estimate of drug-likeness (QED) is 0.0538. The highest BCUT2D eigenvalue weighted by molar-refractivity contribution is 5.60. The predicted molar refractivity (Wildman–Crippen MR) is 201 cm³/mol. The third-order valence-corrected chi connectivity index (χ3v) is 8.91. The summed E-state index contributed by atoms with van der Waals surface area (Å²) in [5.41, 5.74) is 4.10. The van der Waals surface area contributed by atoms with E-state index in [0.29, 0.717) is 66.5 Å². The summed E-state index contributed by atoms with van der Waals surface area (Å²) in [4.78, 5) is 0. The van der Waals surface area contributed by atoms with E-state index in [9.17, 15) is 40.9 Å². The van der Waals surface area contributed by atoms with E-state index in [1.807, 2.05) is 12.1 Å². The number of rotatable bonds is 14. The molecular weight excluding hydrogens is 692 g/mol. The van der Waals surface area contributed by atoms with Crippen LogP contribution in [0.2, 0.25) is 0 Å². The van der Waals surface area contributed by atoms with Gasteiger partial charge in [0.05, 0.1) is 7.11 Å². The minimum absolute atomic E-state index is 0.0136. The molecule has 278 valence electrons. The van der Waals surface area contributed by atoms with Crippen molar-refractivity contribution in [3.63, 3.8) is 0 Å². The molecule has 0 spiro atoms. The maximum Gasteiger partial charge on any atom is 0.202 e. The summed E-state index contributed by atoms with van der Waals surface area (Å²) in [5.74, 6) is -0.991. The van der Waals surface area contributed by atoms with Crippen LogP contribution in [0.25, 0.3) is 0 Å². The Labute approximate surface area is 311 Å². The zero-order chi connectivity index (χ0) is 38.4. The molecule has 0 aromatic heterocycles. The highest BCUT2D eigenvalue weighted by Crippen LogP contribution is 2.47. The average Bonchev–Trinajstić information content (AvgIpc) is 3.12. The topological polar surface area (TPSA) is 190 Å². The normalized spacial score (nSPS) is 11.0. The highest BCUT2D eigenvalue weighted by Gasteiger charge is 2.20. The Hall–Kier alpha value is -6.88. The summed E-state index contributed by atoms with van der Waals surface area (Å²) in [6, 6.07) is 26.7. The van der Waals surface area contributed by atoms with Gasteiger partial charge in [0.25, 0.3) is 0 Å². The second kappa shape index (κ2) is 16.2. The number of hydrogen-bond donors (Lipinski definition) is 8. The van der Waals surface area contributed by atoms with E-state index >= 15 is 0 Å². The summed E-state index contributed by atoms with van der Waals surface area (Å²) in [6.07, 6.45) is 2.52. The molecule has 0 aliphatic heterocycles. The summed E-state index contributed by atoms with van der Waals surface area (Å²) in [5, 5.41) is 83.7. The predicted octanol–water partition coefficient (Wildman–Crippen LogP) is 8.28. The minimum atomic E-state index is -0.445. The van der Waals surface area contributed by atoms with Gasteiger partial charge in [0.15, 0.2) is 34.5 Å². The third kappa shape index (κ3) is 9.12. The lowest BCUT2D eigenvalue weighted by molar-refractivity contribution is 0.354. The molecule has 0 radical (unpaired) electrons. The van der Waals surface area contributed by atoms with Crippen molar-refractivity contribution in [2.45, 2.75) is 38.5 Å². The van der Waals surface area contributed by atoms with Crippen LogP contribution in [0.5, 0.6) is 74.7 Å². The molecule has 0 atom stereocenters. The van der Waals surface area contributed by atoms with Crippen molar-refractivity contribution in [1.82, 2.24) is 0 Å². The molecule has 11 heteroatoms. The summed E-state index contributed by atoms with van der Waals surface area (Å²) in [6.45, 7) is 0. The third-order valence-electron chi connectivity index (χ3n) is 8.91. The van der Waals surface area contributed by atoms with Gasteiger partial charge in [-0.3, -0.25) is 0 Å². The van der Waals surface area contributed by atoms with E-state index in [1.165, 1.54) is 37.4 Å². The Morgan fingerprint density at radius 3 is 1.37 bits per heavy atom. The minimum Gasteiger partial charge on any atom is -0.508 e. The standard InChI is InChI=1S/C43H40O11/c1-52-38-24-37(50)40(21-30(38)13-11-26-5-3-7-32(45)15-26)54-42-19-28(9-8-27-16-33(46)22-34(47)17-27)18-41(43(42)51)53-39-20-29(35(48)23-36(39)49)12-10-25-4-2-6-31(44)14-25/h2-7,14-24,44-51H,8-13H2,1H3. The van der Waals surface area contributed by atoms with Crippen LogP contribution in [0.1, 0.15) is 33.4 Å². The molecule has 0 saturated carbocycles. The molecule has 0 bridgehead atoms. The summed E-state index contributed by atoms with van der Waals surface area (Å²) in [7, 11) is 1.48. The van der Waals surface area contributed by atoms with Gasteiger partial charge in [-0.05, 0) is 133 Å². The van der Waals surface area contributed by atoms with Gasteiger partial charge in [-0.15, -0.1) is 0 Å². The van der Waals surface area contributed by atoms with E-state index in [0.717, 1.165) is 17.2 Å². The number of hydrogen-bond acceptors (Lipinski definition) is 11. The Morgan fingerprint density at radius 1 is 0.370 bits per heavy atom. The molecule has 8 N–H and O–H groups in total. The fourth-order valence-corrected chi connectivity index (χ4v) is 6.18. The van der Waals surface area contributed by atoms with Gasteiger partial charge in [-0.1, -0.05) is 24.3 Å². The molecule has 6 aromatic rings. The van der Waals surface area contributed by atoms with Gasteiger partial charge < -0.3 is 55.1 Å². The first-order valence-electron chi connectivity index (χ1n) is 17.2. The maximum atomic E-state index is 11.5. The van der Waals surface area contributed by atoms with Crippen molar-refractivity contribution in [2.75, 3.05) is 7.11 Å². The number of benzene rings is 6. The van der Waals surface area contributed by atoms with Crippen LogP contribution < -0.4 is 14.2 Å². The van der Waals surface area contributed by atoms with Gasteiger partial charge >= 0.3 is 0 Å². The first-order valence-corrected chi connectivity index (χ1v) is 17.2. The van der Waals surface area contributed by atoms with Crippen molar-refractivity contribution >= 4 is 0 Å². The molecule has 6 rings (SSSR count). The summed E-state index contributed by atoms with van der Waals surface area (Å²) >= 11 is 0. The van der Waals surface area contributed by atoms with Crippen molar-refractivity contribution in [3.8, 4) is 74.7 Å². The largest absolute Gasteiger partial charge is 0.508 e. The van der Waals surface area contributed by atoms with Crippen LogP contribution in [0.3, 0.4) is 0 Å².